The van der Waals surface area contributed by atoms with E-state index in [0.717, 1.165) is 0 Å². The average Bonchev–Trinajstić information content (AvgIpc) is 3.29. The first kappa shape index (κ1) is 28.7. The summed E-state index contributed by atoms with van der Waals surface area (Å²) in [5, 5.41) is 58.6. The molecular formula is C18H12CuN10O6S2. The summed E-state index contributed by atoms with van der Waals surface area (Å²) in [6.07, 6.45) is 0. The summed E-state index contributed by atoms with van der Waals surface area (Å²) in [7, 11) is 0. The fourth-order valence-corrected chi connectivity index (χ4v) is 2.99. The van der Waals surface area contributed by atoms with Gasteiger partial charge in [-0.25, -0.2) is 0 Å². The van der Waals surface area contributed by atoms with Crippen molar-refractivity contribution < 1.29 is 37.1 Å². The van der Waals surface area contributed by atoms with Gasteiger partial charge in [-0.1, -0.05) is 0 Å². The molecule has 16 nitrogen and oxygen atoms in total. The number of rotatable bonds is 4. The van der Waals surface area contributed by atoms with Crippen molar-refractivity contribution in [1.29, 1.82) is 0 Å². The summed E-state index contributed by atoms with van der Waals surface area (Å²) in [5.74, 6) is -1.02. The molecule has 37 heavy (non-hydrogen) atoms. The maximum Gasteiger partial charge on any atom is 2.00 e. The second-order valence-corrected chi connectivity index (χ2v) is 7.49. The van der Waals surface area contributed by atoms with E-state index in [4.69, 9.17) is 11.5 Å². The number of fused-ring (bicyclic) bond motifs is 2. The zero-order valence-corrected chi connectivity index (χ0v) is 20.4. The summed E-state index contributed by atoms with van der Waals surface area (Å²) in [6.45, 7) is 0. The number of hydrogen-bond acceptors (Lipinski definition) is 10. The number of nitro groups is 2. The molecule has 0 atom stereocenters. The first-order valence-electron chi connectivity index (χ1n) is 9.34. The number of hydrogen-bond donors (Lipinski definition) is 4. The van der Waals surface area contributed by atoms with Gasteiger partial charge in [0.05, 0.1) is 9.85 Å². The number of azo groups is 2. The van der Waals surface area contributed by atoms with Crippen LogP contribution in [0.15, 0.2) is 56.9 Å². The van der Waals surface area contributed by atoms with Crippen LogP contribution in [0.1, 0.15) is 0 Å². The molecule has 6 N–H and O–H groups in total. The Kier molecular flexibility index (Phi) is 9.22. The largest absolute Gasteiger partial charge is 2.00 e. The van der Waals surface area contributed by atoms with E-state index in [9.17, 15) is 30.4 Å². The third-order valence-electron chi connectivity index (χ3n) is 4.36. The van der Waals surface area contributed by atoms with Crippen molar-refractivity contribution in [3.05, 3.63) is 56.6 Å². The van der Waals surface area contributed by atoms with Crippen LogP contribution in [0.3, 0.4) is 0 Å². The number of thiocarbonyl (C=S) groups is 2. The predicted molar refractivity (Wildman–Crippen MR) is 131 cm³/mol. The number of nitrogens with zero attached hydrogens (tertiary/aromatic N) is 6. The number of nitro benzene ring substituents is 2. The Hall–Kier alpha value is -4.58. The van der Waals surface area contributed by atoms with Gasteiger partial charge in [-0.15, -0.1) is 20.5 Å². The standard InChI is InChI=1S/2C9H7N5O3S.Cu/c2*10-9(18)13-12-7-5-3-4(14(16)17)1-2-6(5)11-8(7)15;/h2*1-3,11,15H,(H2,10,18);/q;;+2/p-2. The maximum absolute atomic E-state index is 11.6. The second kappa shape index (κ2) is 11.9. The zero-order chi connectivity index (χ0) is 26.6. The molecule has 0 aliphatic heterocycles. The predicted octanol–water partition coefficient (Wildman–Crippen LogP) is 2.95. The molecule has 2 aromatic heterocycles. The van der Waals surface area contributed by atoms with Crippen LogP contribution in [0.5, 0.6) is 11.8 Å². The molecule has 0 aliphatic rings. The number of nitrogens with two attached hydrogens (primary N) is 2. The minimum Gasteiger partial charge on any atom is -0.859 e. The van der Waals surface area contributed by atoms with Gasteiger partial charge >= 0.3 is 17.1 Å². The minimum atomic E-state index is -0.564. The van der Waals surface area contributed by atoms with Gasteiger partial charge in [0.15, 0.2) is 0 Å². The number of aromatic amines is 2. The average molecular weight is 592 g/mol. The summed E-state index contributed by atoms with van der Waals surface area (Å²) in [4.78, 5) is 25.2. The molecule has 0 unspecified atom stereocenters. The van der Waals surface area contributed by atoms with E-state index < -0.39 is 21.6 Å². The molecule has 0 fully saturated rings. The van der Waals surface area contributed by atoms with Gasteiger partial charge in [0.2, 0.25) is 10.2 Å². The van der Waals surface area contributed by atoms with Crippen LogP contribution < -0.4 is 21.7 Å². The third kappa shape index (κ3) is 6.76. The Morgan fingerprint density at radius 1 is 0.757 bits per heavy atom. The van der Waals surface area contributed by atoms with Crippen molar-refractivity contribution in [2.75, 3.05) is 0 Å². The topological polar surface area (TPSA) is 265 Å². The number of H-pyrrole nitrogens is 2. The van der Waals surface area contributed by atoms with Gasteiger partial charge in [0.1, 0.15) is 11.4 Å². The third-order valence-corrected chi connectivity index (χ3v) is 4.53. The van der Waals surface area contributed by atoms with Crippen LogP contribution in [-0.4, -0.2) is 30.0 Å². The molecule has 19 heteroatoms. The molecule has 4 aromatic rings. The van der Waals surface area contributed by atoms with Crippen molar-refractivity contribution in [3.8, 4) is 11.8 Å². The quantitative estimate of drug-likeness (QED) is 0.0885. The Labute approximate surface area is 226 Å². The Balaban J connectivity index is 0.000000253. The number of benzene rings is 2. The zero-order valence-electron chi connectivity index (χ0n) is 17.9. The van der Waals surface area contributed by atoms with Crippen LogP contribution in [0, 0.1) is 20.2 Å². The van der Waals surface area contributed by atoms with E-state index in [-0.39, 0.29) is 50.0 Å². The summed E-state index contributed by atoms with van der Waals surface area (Å²) in [5.41, 5.74) is 10.7. The molecule has 193 valence electrons. The number of nitrogens with one attached hydrogen (secondary N) is 2. The Morgan fingerprint density at radius 3 is 1.41 bits per heavy atom. The van der Waals surface area contributed by atoms with Crippen molar-refractivity contribution >= 4 is 79.2 Å². The van der Waals surface area contributed by atoms with Crippen LogP contribution in [0.25, 0.3) is 21.8 Å². The Morgan fingerprint density at radius 2 is 1.11 bits per heavy atom. The maximum atomic E-state index is 11.6. The first-order valence-corrected chi connectivity index (χ1v) is 10.2. The van der Waals surface area contributed by atoms with Crippen LogP contribution in [0.2, 0.25) is 0 Å². The molecule has 0 bridgehead atoms. The monoisotopic (exact) mass is 591 g/mol. The second-order valence-electron chi connectivity index (χ2n) is 6.66. The van der Waals surface area contributed by atoms with E-state index in [0.29, 0.717) is 21.8 Å². The number of non-ortho nitro benzene ring substituents is 2. The van der Waals surface area contributed by atoms with Crippen molar-refractivity contribution in [3.63, 3.8) is 0 Å². The van der Waals surface area contributed by atoms with Crippen LogP contribution in [-0.2, 0) is 17.1 Å². The number of aromatic nitrogens is 2. The van der Waals surface area contributed by atoms with Gasteiger partial charge in [0, 0.05) is 46.1 Å². The molecular weight excluding hydrogens is 580 g/mol. The molecule has 0 amide bonds. The first-order chi connectivity index (χ1) is 17.0. The van der Waals surface area contributed by atoms with E-state index in [1.165, 1.54) is 36.4 Å². The van der Waals surface area contributed by atoms with Crippen LogP contribution >= 0.6 is 24.4 Å². The summed E-state index contributed by atoms with van der Waals surface area (Å²) in [6, 6.07) is 7.89. The van der Waals surface area contributed by atoms with Gasteiger partial charge in [-0.3, -0.25) is 20.2 Å². The molecule has 2 aromatic carbocycles. The molecule has 0 aliphatic carbocycles. The van der Waals surface area contributed by atoms with E-state index in [1.54, 1.807) is 0 Å². The Bertz CT molecular complexity index is 1480. The molecule has 0 saturated carbocycles. The van der Waals surface area contributed by atoms with E-state index >= 15 is 0 Å². The van der Waals surface area contributed by atoms with Crippen molar-refractivity contribution in [2.24, 2.45) is 31.9 Å². The summed E-state index contributed by atoms with van der Waals surface area (Å²) < 4.78 is 0. The SMILES string of the molecule is NC(=S)N=Nc1c([O-])[nH]c2ccc([N+](=O)[O-])cc12.NC(=S)N=Nc1c([O-])[nH]c2ccc([N+](=O)[O-])cc12.[Cu+2]. The molecule has 0 spiro atoms. The normalized spacial score (nSPS) is 10.8. The molecule has 4 rings (SSSR count). The van der Waals surface area contributed by atoms with E-state index in [2.05, 4.69) is 54.9 Å². The smallest absolute Gasteiger partial charge is 0.859 e. The fourth-order valence-electron chi connectivity index (χ4n) is 2.91. The molecule has 1 radical (unpaired) electrons. The van der Waals surface area contributed by atoms with Gasteiger partial charge in [-0.05, 0) is 48.3 Å². The van der Waals surface area contributed by atoms with E-state index in [1.807, 2.05) is 0 Å². The van der Waals surface area contributed by atoms with Gasteiger partial charge in [-0.2, -0.15) is 0 Å². The van der Waals surface area contributed by atoms with Crippen molar-refractivity contribution in [1.82, 2.24) is 9.97 Å². The minimum absolute atomic E-state index is 0. The van der Waals surface area contributed by atoms with Gasteiger partial charge in [0.25, 0.3) is 11.4 Å². The van der Waals surface area contributed by atoms with Crippen molar-refractivity contribution in [2.45, 2.75) is 0 Å². The fraction of sp³-hybridized carbons (Fsp3) is 0. The van der Waals surface area contributed by atoms with Gasteiger partial charge < -0.3 is 31.6 Å². The summed E-state index contributed by atoms with van der Waals surface area (Å²) >= 11 is 9.00. The molecule has 0 saturated heterocycles. The van der Waals surface area contributed by atoms with Crippen LogP contribution in [0.4, 0.5) is 22.7 Å². The molecule has 2 heterocycles.